The molecule has 0 saturated heterocycles. The van der Waals surface area contributed by atoms with Gasteiger partial charge in [-0.3, -0.25) is 0 Å². The SMILES string of the molecule is Cc1ccccc1CN(CC(O)O)S(=O)(=O)c1ccc2c(Cl)cnc(N=C(N)N)c2c1. The van der Waals surface area contributed by atoms with E-state index in [9.17, 15) is 18.6 Å². The van der Waals surface area contributed by atoms with Gasteiger partial charge in [0.1, 0.15) is 0 Å². The predicted octanol–water partition coefficient (Wildman–Crippen LogP) is 1.60. The van der Waals surface area contributed by atoms with E-state index >= 15 is 0 Å². The first kappa shape index (κ1) is 22.9. The zero-order valence-electron chi connectivity index (χ0n) is 16.6. The number of rotatable bonds is 7. The molecule has 3 rings (SSSR count). The number of nitrogens with two attached hydrogens (primary N) is 2. The molecule has 0 bridgehead atoms. The number of hydrogen-bond donors (Lipinski definition) is 4. The van der Waals surface area contributed by atoms with Crippen LogP contribution in [0.5, 0.6) is 0 Å². The minimum Gasteiger partial charge on any atom is -0.370 e. The van der Waals surface area contributed by atoms with Crippen molar-refractivity contribution < 1.29 is 18.6 Å². The number of aliphatic hydroxyl groups excluding tert-OH is 1. The quantitative estimate of drug-likeness (QED) is 0.235. The molecule has 164 valence electrons. The van der Waals surface area contributed by atoms with E-state index in [4.69, 9.17) is 23.1 Å². The Kier molecular flexibility index (Phi) is 6.77. The number of benzene rings is 2. The van der Waals surface area contributed by atoms with Crippen LogP contribution in [0.4, 0.5) is 5.82 Å². The van der Waals surface area contributed by atoms with E-state index in [-0.39, 0.29) is 23.2 Å². The normalized spacial score (nSPS) is 11.9. The zero-order chi connectivity index (χ0) is 22.8. The summed E-state index contributed by atoms with van der Waals surface area (Å²) in [6, 6.07) is 11.5. The van der Waals surface area contributed by atoms with Crippen LogP contribution in [-0.2, 0) is 16.6 Å². The summed E-state index contributed by atoms with van der Waals surface area (Å²) in [5.41, 5.74) is 12.5. The first-order valence-corrected chi connectivity index (χ1v) is 11.0. The highest BCUT2D eigenvalue weighted by Gasteiger charge is 2.27. The van der Waals surface area contributed by atoms with Gasteiger partial charge in [-0.05, 0) is 30.2 Å². The van der Waals surface area contributed by atoms with E-state index in [0.29, 0.717) is 15.8 Å². The third-order valence-electron chi connectivity index (χ3n) is 4.64. The minimum atomic E-state index is -4.13. The number of fused-ring (bicyclic) bond motifs is 1. The van der Waals surface area contributed by atoms with Crippen LogP contribution >= 0.6 is 11.6 Å². The van der Waals surface area contributed by atoms with Gasteiger partial charge in [-0.1, -0.05) is 41.9 Å². The molecule has 0 aliphatic carbocycles. The minimum absolute atomic E-state index is 0.0424. The largest absolute Gasteiger partial charge is 0.370 e. The predicted molar refractivity (Wildman–Crippen MR) is 119 cm³/mol. The summed E-state index contributed by atoms with van der Waals surface area (Å²) in [4.78, 5) is 7.92. The number of halogens is 1. The first-order chi connectivity index (χ1) is 14.6. The highest BCUT2D eigenvalue weighted by molar-refractivity contribution is 7.89. The Hall–Kier alpha value is -2.76. The molecule has 2 aromatic carbocycles. The standard InChI is InChI=1S/C20H22ClN5O4S/c1-12-4-2-3-5-13(12)10-26(11-18(27)28)31(29,30)14-6-7-15-16(8-14)19(25-20(22)23)24-9-17(15)21/h2-9,18,27-28H,10-11H2,1H3,(H4,22,23,24,25). The molecule has 0 atom stereocenters. The fourth-order valence-corrected chi connectivity index (χ4v) is 4.76. The van der Waals surface area contributed by atoms with Crippen LogP contribution in [-0.4, -0.2) is 46.7 Å². The number of aromatic nitrogens is 1. The van der Waals surface area contributed by atoms with E-state index in [1.165, 1.54) is 24.4 Å². The molecule has 11 heteroatoms. The lowest BCUT2D eigenvalue weighted by atomic mass is 10.1. The number of nitrogens with zero attached hydrogens (tertiary/aromatic N) is 3. The highest BCUT2D eigenvalue weighted by Crippen LogP contribution is 2.32. The Bertz CT molecular complexity index is 1240. The van der Waals surface area contributed by atoms with E-state index in [1.807, 2.05) is 19.1 Å². The van der Waals surface area contributed by atoms with Crippen molar-refractivity contribution in [2.24, 2.45) is 16.5 Å². The topological polar surface area (TPSA) is 155 Å². The Balaban J connectivity index is 2.13. The fourth-order valence-electron chi connectivity index (χ4n) is 3.10. The van der Waals surface area contributed by atoms with Crippen molar-refractivity contribution in [3.8, 4) is 0 Å². The third-order valence-corrected chi connectivity index (χ3v) is 6.75. The Morgan fingerprint density at radius 2 is 1.90 bits per heavy atom. The molecule has 9 nitrogen and oxygen atoms in total. The molecular formula is C20H22ClN5O4S. The molecule has 31 heavy (non-hydrogen) atoms. The summed E-state index contributed by atoms with van der Waals surface area (Å²) in [5.74, 6) is -0.127. The lowest BCUT2D eigenvalue weighted by Gasteiger charge is -2.24. The fraction of sp³-hybridized carbons (Fsp3) is 0.200. The number of aliphatic hydroxyl groups is 2. The van der Waals surface area contributed by atoms with Gasteiger partial charge in [0.25, 0.3) is 0 Å². The Morgan fingerprint density at radius 1 is 1.19 bits per heavy atom. The third kappa shape index (κ3) is 5.12. The molecule has 0 saturated carbocycles. The summed E-state index contributed by atoms with van der Waals surface area (Å²) in [5, 5.41) is 20.2. The van der Waals surface area contributed by atoms with Crippen LogP contribution in [0.1, 0.15) is 11.1 Å². The van der Waals surface area contributed by atoms with Crippen molar-refractivity contribution in [1.82, 2.24) is 9.29 Å². The summed E-state index contributed by atoms with van der Waals surface area (Å²) in [6.07, 6.45) is -0.487. The molecule has 0 spiro atoms. The zero-order valence-corrected chi connectivity index (χ0v) is 18.2. The smallest absolute Gasteiger partial charge is 0.243 e. The van der Waals surface area contributed by atoms with E-state index in [0.717, 1.165) is 15.4 Å². The number of aryl methyl sites for hydroxylation is 1. The van der Waals surface area contributed by atoms with Crippen molar-refractivity contribution in [2.75, 3.05) is 6.54 Å². The summed E-state index contributed by atoms with van der Waals surface area (Å²) < 4.78 is 27.8. The highest BCUT2D eigenvalue weighted by atomic mass is 35.5. The number of aliphatic imine (C=N–C) groups is 1. The maximum Gasteiger partial charge on any atom is 0.243 e. The monoisotopic (exact) mass is 463 g/mol. The molecule has 0 aliphatic rings. The van der Waals surface area contributed by atoms with Crippen LogP contribution in [0.3, 0.4) is 0 Å². The van der Waals surface area contributed by atoms with Gasteiger partial charge in [-0.2, -0.15) is 9.30 Å². The van der Waals surface area contributed by atoms with Crippen LogP contribution < -0.4 is 11.5 Å². The van der Waals surface area contributed by atoms with Gasteiger partial charge in [-0.15, -0.1) is 0 Å². The number of pyridine rings is 1. The van der Waals surface area contributed by atoms with Gasteiger partial charge in [0.15, 0.2) is 18.1 Å². The molecule has 0 amide bonds. The Morgan fingerprint density at radius 3 is 2.55 bits per heavy atom. The molecule has 6 N–H and O–H groups in total. The van der Waals surface area contributed by atoms with Gasteiger partial charge in [0.2, 0.25) is 10.0 Å². The molecule has 0 aliphatic heterocycles. The average molecular weight is 464 g/mol. The number of guanidine groups is 1. The molecule has 3 aromatic rings. The van der Waals surface area contributed by atoms with Crippen LogP contribution in [0, 0.1) is 6.92 Å². The van der Waals surface area contributed by atoms with Gasteiger partial charge >= 0.3 is 0 Å². The van der Waals surface area contributed by atoms with E-state index in [1.54, 1.807) is 12.1 Å². The van der Waals surface area contributed by atoms with Crippen LogP contribution in [0.15, 0.2) is 58.5 Å². The van der Waals surface area contributed by atoms with Gasteiger partial charge in [0, 0.05) is 23.5 Å². The van der Waals surface area contributed by atoms with Gasteiger partial charge in [-0.25, -0.2) is 13.4 Å². The lowest BCUT2D eigenvalue weighted by molar-refractivity contribution is -0.0501. The van der Waals surface area contributed by atoms with Crippen LogP contribution in [0.2, 0.25) is 5.02 Å². The maximum atomic E-state index is 13.4. The Labute approximate surface area is 184 Å². The van der Waals surface area contributed by atoms with Crippen molar-refractivity contribution in [2.45, 2.75) is 24.7 Å². The molecule has 1 heterocycles. The summed E-state index contributed by atoms with van der Waals surface area (Å²) in [7, 11) is -4.13. The molecular weight excluding hydrogens is 442 g/mol. The van der Waals surface area contributed by atoms with Gasteiger partial charge in [0.05, 0.1) is 16.5 Å². The molecule has 1 aromatic heterocycles. The maximum absolute atomic E-state index is 13.4. The lowest BCUT2D eigenvalue weighted by Crippen LogP contribution is -2.37. The summed E-state index contributed by atoms with van der Waals surface area (Å²) in [6.45, 7) is 1.29. The van der Waals surface area contributed by atoms with E-state index < -0.39 is 22.9 Å². The first-order valence-electron chi connectivity index (χ1n) is 9.18. The van der Waals surface area contributed by atoms with Crippen molar-refractivity contribution in [3.05, 3.63) is 64.8 Å². The number of sulfonamides is 1. The van der Waals surface area contributed by atoms with Crippen LogP contribution in [0.25, 0.3) is 10.8 Å². The molecule has 0 radical (unpaired) electrons. The second-order valence-electron chi connectivity index (χ2n) is 6.88. The second kappa shape index (κ2) is 9.16. The van der Waals surface area contributed by atoms with Crippen molar-refractivity contribution in [3.63, 3.8) is 0 Å². The average Bonchev–Trinajstić information content (AvgIpc) is 2.70. The molecule has 0 fully saturated rings. The van der Waals surface area contributed by atoms with Crippen molar-refractivity contribution >= 4 is 44.2 Å². The van der Waals surface area contributed by atoms with E-state index in [2.05, 4.69) is 9.98 Å². The summed E-state index contributed by atoms with van der Waals surface area (Å²) >= 11 is 6.19. The van der Waals surface area contributed by atoms with Gasteiger partial charge < -0.3 is 21.7 Å². The van der Waals surface area contributed by atoms with Crippen molar-refractivity contribution in [1.29, 1.82) is 0 Å². The number of hydrogen-bond acceptors (Lipinski definition) is 6. The second-order valence-corrected chi connectivity index (χ2v) is 9.22. The molecule has 0 unspecified atom stereocenters.